The van der Waals surface area contributed by atoms with Gasteiger partial charge in [-0.1, -0.05) is 48.5 Å². The molecule has 0 saturated carbocycles. The van der Waals surface area contributed by atoms with Crippen molar-refractivity contribution in [1.82, 2.24) is 0 Å². The Balaban J connectivity index is 2.36. The molecule has 0 saturated heterocycles. The number of carboxylic acids is 1. The molecule has 3 N–H and O–H groups in total. The van der Waals surface area contributed by atoms with E-state index in [0.29, 0.717) is 6.42 Å². The van der Waals surface area contributed by atoms with E-state index in [9.17, 15) is 4.79 Å². The normalized spacial score (nSPS) is 12.1. The first-order valence-corrected chi connectivity index (χ1v) is 6.22. The average molecular weight is 255 g/mol. The highest BCUT2D eigenvalue weighted by Gasteiger charge is 2.14. The molecule has 0 unspecified atom stereocenters. The molecule has 0 radical (unpaired) electrons. The first-order valence-electron chi connectivity index (χ1n) is 6.22. The van der Waals surface area contributed by atoms with Crippen LogP contribution in [0.1, 0.15) is 11.1 Å². The van der Waals surface area contributed by atoms with Crippen molar-refractivity contribution in [3.63, 3.8) is 0 Å². The van der Waals surface area contributed by atoms with E-state index in [2.05, 4.69) is 0 Å². The summed E-state index contributed by atoms with van der Waals surface area (Å²) in [6, 6.07) is 15.1. The number of rotatable bonds is 4. The lowest BCUT2D eigenvalue weighted by Gasteiger charge is -2.13. The molecule has 3 heteroatoms. The van der Waals surface area contributed by atoms with Crippen molar-refractivity contribution < 1.29 is 9.90 Å². The van der Waals surface area contributed by atoms with Gasteiger partial charge in [-0.2, -0.15) is 0 Å². The second-order valence-electron chi connectivity index (χ2n) is 4.60. The Kier molecular flexibility index (Phi) is 3.97. The van der Waals surface area contributed by atoms with Crippen LogP contribution in [0.2, 0.25) is 0 Å². The van der Waals surface area contributed by atoms with Crippen molar-refractivity contribution in [3.05, 3.63) is 59.7 Å². The van der Waals surface area contributed by atoms with E-state index in [1.54, 1.807) is 0 Å². The molecule has 0 aliphatic heterocycles. The minimum absolute atomic E-state index is 0.349. The standard InChI is InChI=1S/C16H17NO2/c1-11-13(10-15(17)16(18)19)8-5-9-14(11)12-6-3-2-4-7-12/h2-9,15H,10,17H2,1H3,(H,18,19)/t15-/m0/s1. The zero-order chi connectivity index (χ0) is 13.8. The molecular formula is C16H17NO2. The molecular weight excluding hydrogens is 238 g/mol. The van der Waals surface area contributed by atoms with Gasteiger partial charge in [-0.25, -0.2) is 0 Å². The number of nitrogens with two attached hydrogens (primary N) is 1. The quantitative estimate of drug-likeness (QED) is 0.882. The van der Waals surface area contributed by atoms with Gasteiger partial charge in [0.05, 0.1) is 0 Å². The number of hydrogen-bond donors (Lipinski definition) is 2. The van der Waals surface area contributed by atoms with Crippen molar-refractivity contribution >= 4 is 5.97 Å². The minimum Gasteiger partial charge on any atom is -0.480 e. The largest absolute Gasteiger partial charge is 0.480 e. The Morgan fingerprint density at radius 2 is 1.84 bits per heavy atom. The number of benzene rings is 2. The van der Waals surface area contributed by atoms with Crippen LogP contribution in [0, 0.1) is 6.92 Å². The predicted octanol–water partition coefficient (Wildman–Crippen LogP) is 2.62. The van der Waals surface area contributed by atoms with Gasteiger partial charge < -0.3 is 10.8 Å². The zero-order valence-electron chi connectivity index (χ0n) is 10.8. The Labute approximate surface area is 112 Å². The molecule has 2 aromatic rings. The molecule has 2 aromatic carbocycles. The highest BCUT2D eigenvalue weighted by atomic mass is 16.4. The zero-order valence-corrected chi connectivity index (χ0v) is 10.8. The van der Waals surface area contributed by atoms with Crippen LogP contribution in [0.15, 0.2) is 48.5 Å². The smallest absolute Gasteiger partial charge is 0.320 e. The molecule has 0 bridgehead atoms. The van der Waals surface area contributed by atoms with Crippen molar-refractivity contribution in [1.29, 1.82) is 0 Å². The molecule has 0 aliphatic carbocycles. The molecule has 0 amide bonds. The first kappa shape index (κ1) is 13.3. The second-order valence-corrected chi connectivity index (χ2v) is 4.60. The number of carbonyl (C=O) groups is 1. The summed E-state index contributed by atoms with van der Waals surface area (Å²) in [5, 5.41) is 8.90. The number of aliphatic carboxylic acids is 1. The molecule has 1 atom stereocenters. The van der Waals surface area contributed by atoms with Gasteiger partial charge in [0.2, 0.25) is 0 Å². The van der Waals surface area contributed by atoms with Crippen molar-refractivity contribution in [2.75, 3.05) is 0 Å². The molecule has 98 valence electrons. The topological polar surface area (TPSA) is 63.3 Å². The summed E-state index contributed by atoms with van der Waals surface area (Å²) in [5.41, 5.74) is 9.93. The lowest BCUT2D eigenvalue weighted by Crippen LogP contribution is -2.32. The fraction of sp³-hybridized carbons (Fsp3) is 0.188. The van der Waals surface area contributed by atoms with E-state index in [0.717, 1.165) is 22.3 Å². The van der Waals surface area contributed by atoms with Gasteiger partial charge in [-0.15, -0.1) is 0 Å². The maximum absolute atomic E-state index is 10.8. The third-order valence-corrected chi connectivity index (χ3v) is 3.29. The van der Waals surface area contributed by atoms with Crippen molar-refractivity contribution in [3.8, 4) is 11.1 Å². The molecule has 0 spiro atoms. The van der Waals surface area contributed by atoms with Gasteiger partial charge in [-0.05, 0) is 35.6 Å². The van der Waals surface area contributed by atoms with E-state index in [-0.39, 0.29) is 0 Å². The minimum atomic E-state index is -0.968. The van der Waals surface area contributed by atoms with Crippen LogP contribution in [0.5, 0.6) is 0 Å². The molecule has 0 aromatic heterocycles. The van der Waals surface area contributed by atoms with Gasteiger partial charge in [0, 0.05) is 0 Å². The fourth-order valence-electron chi connectivity index (χ4n) is 2.16. The van der Waals surface area contributed by atoms with Crippen molar-refractivity contribution in [2.45, 2.75) is 19.4 Å². The van der Waals surface area contributed by atoms with Crippen LogP contribution in [0.4, 0.5) is 0 Å². The molecule has 0 heterocycles. The van der Waals surface area contributed by atoms with Crippen molar-refractivity contribution in [2.24, 2.45) is 5.73 Å². The molecule has 3 nitrogen and oxygen atoms in total. The summed E-state index contributed by atoms with van der Waals surface area (Å²) in [5.74, 6) is -0.968. The van der Waals surface area contributed by atoms with Gasteiger partial charge in [0.15, 0.2) is 0 Å². The van der Waals surface area contributed by atoms with Gasteiger partial charge >= 0.3 is 5.97 Å². The second kappa shape index (κ2) is 5.67. The predicted molar refractivity (Wildman–Crippen MR) is 75.9 cm³/mol. The molecule has 0 fully saturated rings. The van der Waals surface area contributed by atoms with Crippen LogP contribution in [-0.4, -0.2) is 17.1 Å². The van der Waals surface area contributed by atoms with Crippen LogP contribution < -0.4 is 5.73 Å². The van der Waals surface area contributed by atoms with Crippen LogP contribution >= 0.6 is 0 Å². The highest BCUT2D eigenvalue weighted by Crippen LogP contribution is 2.26. The van der Waals surface area contributed by atoms with Gasteiger partial charge in [-0.3, -0.25) is 4.79 Å². The Morgan fingerprint density at radius 1 is 1.16 bits per heavy atom. The summed E-state index contributed by atoms with van der Waals surface area (Å²) < 4.78 is 0. The third kappa shape index (κ3) is 3.01. The summed E-state index contributed by atoms with van der Waals surface area (Å²) in [7, 11) is 0. The van der Waals surface area contributed by atoms with E-state index < -0.39 is 12.0 Å². The summed E-state index contributed by atoms with van der Waals surface area (Å²) in [4.78, 5) is 10.8. The van der Waals surface area contributed by atoms with Crippen LogP contribution in [0.3, 0.4) is 0 Å². The van der Waals surface area contributed by atoms with E-state index >= 15 is 0 Å². The first-order chi connectivity index (χ1) is 9.09. The third-order valence-electron chi connectivity index (χ3n) is 3.29. The van der Waals surface area contributed by atoms with Crippen LogP contribution in [-0.2, 0) is 11.2 Å². The highest BCUT2D eigenvalue weighted by molar-refractivity contribution is 5.74. The maximum atomic E-state index is 10.8. The monoisotopic (exact) mass is 255 g/mol. The lowest BCUT2D eigenvalue weighted by atomic mass is 9.93. The molecule has 0 aliphatic rings. The fourth-order valence-corrected chi connectivity index (χ4v) is 2.16. The van der Waals surface area contributed by atoms with Gasteiger partial charge in [0.25, 0.3) is 0 Å². The summed E-state index contributed by atoms with van der Waals surface area (Å²) in [6.45, 7) is 2.01. The summed E-state index contributed by atoms with van der Waals surface area (Å²) in [6.07, 6.45) is 0.349. The lowest BCUT2D eigenvalue weighted by molar-refractivity contribution is -0.138. The summed E-state index contributed by atoms with van der Waals surface area (Å²) >= 11 is 0. The van der Waals surface area contributed by atoms with E-state index in [4.69, 9.17) is 10.8 Å². The molecule has 19 heavy (non-hydrogen) atoms. The van der Waals surface area contributed by atoms with Gasteiger partial charge in [0.1, 0.15) is 6.04 Å². The van der Waals surface area contributed by atoms with E-state index in [1.807, 2.05) is 55.5 Å². The Bertz CT molecular complexity index is 579. The SMILES string of the molecule is Cc1c(C[C@H](N)C(=O)O)cccc1-c1ccccc1. The Hall–Kier alpha value is -2.13. The average Bonchev–Trinajstić information content (AvgIpc) is 2.42. The number of hydrogen-bond acceptors (Lipinski definition) is 2. The van der Waals surface area contributed by atoms with E-state index in [1.165, 1.54) is 0 Å². The van der Waals surface area contributed by atoms with Crippen LogP contribution in [0.25, 0.3) is 11.1 Å². The maximum Gasteiger partial charge on any atom is 0.320 e. The number of carboxylic acid groups (broad SMARTS) is 1. The molecule has 2 rings (SSSR count). The Morgan fingerprint density at radius 3 is 2.47 bits per heavy atom.